The molecule has 1 amide bonds. The number of carbonyl (C=O) groups excluding carboxylic acids is 1. The summed E-state index contributed by atoms with van der Waals surface area (Å²) < 4.78 is 6.34. The van der Waals surface area contributed by atoms with Gasteiger partial charge in [0.2, 0.25) is 0 Å². The normalized spacial score (nSPS) is 23.7. The zero-order valence-electron chi connectivity index (χ0n) is 10.2. The second-order valence-corrected chi connectivity index (χ2v) is 6.23. The average Bonchev–Trinajstić information content (AvgIpc) is 2.28. The minimum Gasteiger partial charge on any atom is -0.379 e. The molecule has 3 nitrogen and oxygen atoms in total. The minimum atomic E-state index is -0.275. The largest absolute Gasteiger partial charge is 0.379 e. The predicted octanol–water partition coefficient (Wildman–Crippen LogP) is 3.04. The summed E-state index contributed by atoms with van der Waals surface area (Å²) in [4.78, 5) is 12.9. The Morgan fingerprint density at radius 3 is 2.94 bits per heavy atom. The highest BCUT2D eigenvalue weighted by molar-refractivity contribution is 9.10. The van der Waals surface area contributed by atoms with Gasteiger partial charge in [0.15, 0.2) is 0 Å². The van der Waals surface area contributed by atoms with Gasteiger partial charge in [0.25, 0.3) is 5.91 Å². The maximum atomic E-state index is 12.2. The smallest absolute Gasteiger partial charge is 0.252 e. The fourth-order valence-electron chi connectivity index (χ4n) is 2.07. The summed E-state index contributed by atoms with van der Waals surface area (Å²) in [6, 6.07) is 5.43. The summed E-state index contributed by atoms with van der Waals surface area (Å²) in [7, 11) is 0. The minimum absolute atomic E-state index is 0.0968. The number of hydrogen-bond acceptors (Lipinski definition) is 3. The van der Waals surface area contributed by atoms with E-state index in [4.69, 9.17) is 4.74 Å². The molecule has 1 aromatic rings. The number of nitrogens with one attached hydrogen (secondary N) is 1. The van der Waals surface area contributed by atoms with Crippen molar-refractivity contribution in [2.45, 2.75) is 30.2 Å². The number of ether oxygens (including phenoxy) is 1. The van der Waals surface area contributed by atoms with Gasteiger partial charge < -0.3 is 10.1 Å². The summed E-state index contributed by atoms with van der Waals surface area (Å²) >= 11 is 7.68. The van der Waals surface area contributed by atoms with Gasteiger partial charge in [-0.2, -0.15) is 0 Å². The molecule has 1 aliphatic heterocycles. The monoisotopic (exact) mass is 329 g/mol. The lowest BCUT2D eigenvalue weighted by Crippen LogP contribution is -2.51. The van der Waals surface area contributed by atoms with Crippen LogP contribution in [-0.2, 0) is 4.74 Å². The molecule has 1 fully saturated rings. The molecule has 0 bridgehead atoms. The van der Waals surface area contributed by atoms with Crippen LogP contribution >= 0.6 is 28.6 Å². The van der Waals surface area contributed by atoms with E-state index in [-0.39, 0.29) is 11.4 Å². The van der Waals surface area contributed by atoms with Crippen LogP contribution in [0.4, 0.5) is 0 Å². The number of halogens is 1. The molecule has 1 saturated heterocycles. The number of hydrogen-bond donors (Lipinski definition) is 2. The SMILES string of the molecule is CC1(NC(=O)c2ccc(Br)cc2S)CCCOC1. The Balaban J connectivity index is 2.11. The summed E-state index contributed by atoms with van der Waals surface area (Å²) in [5.41, 5.74) is 0.316. The molecular formula is C13H16BrNO2S. The van der Waals surface area contributed by atoms with Crippen LogP contribution in [0.1, 0.15) is 30.1 Å². The van der Waals surface area contributed by atoms with E-state index in [1.807, 2.05) is 19.1 Å². The molecular weight excluding hydrogens is 314 g/mol. The lowest BCUT2D eigenvalue weighted by molar-refractivity contribution is 0.0272. The van der Waals surface area contributed by atoms with Gasteiger partial charge >= 0.3 is 0 Å². The van der Waals surface area contributed by atoms with E-state index in [0.717, 1.165) is 23.9 Å². The van der Waals surface area contributed by atoms with E-state index in [1.165, 1.54) is 0 Å². The van der Waals surface area contributed by atoms with Crippen LogP contribution in [0.25, 0.3) is 0 Å². The number of rotatable bonds is 2. The molecule has 0 saturated carbocycles. The number of amides is 1. The van der Waals surface area contributed by atoms with E-state index in [0.29, 0.717) is 17.1 Å². The third-order valence-electron chi connectivity index (χ3n) is 3.06. The molecule has 98 valence electrons. The molecule has 0 aromatic heterocycles. The average molecular weight is 330 g/mol. The third-order valence-corrected chi connectivity index (χ3v) is 3.92. The van der Waals surface area contributed by atoms with Gasteiger partial charge in [0, 0.05) is 16.0 Å². The van der Waals surface area contributed by atoms with Gasteiger partial charge in [-0.1, -0.05) is 15.9 Å². The van der Waals surface area contributed by atoms with Gasteiger partial charge in [-0.15, -0.1) is 12.6 Å². The second kappa shape index (κ2) is 5.63. The van der Waals surface area contributed by atoms with Gasteiger partial charge in [-0.05, 0) is 38.0 Å². The van der Waals surface area contributed by atoms with Crippen molar-refractivity contribution >= 4 is 34.5 Å². The Morgan fingerprint density at radius 1 is 1.56 bits per heavy atom. The molecule has 0 aliphatic carbocycles. The third kappa shape index (κ3) is 3.28. The number of thiol groups is 1. The predicted molar refractivity (Wildman–Crippen MR) is 77.3 cm³/mol. The Labute approximate surface area is 121 Å². The highest BCUT2D eigenvalue weighted by Crippen LogP contribution is 2.22. The van der Waals surface area contributed by atoms with Crippen molar-refractivity contribution < 1.29 is 9.53 Å². The molecule has 0 radical (unpaired) electrons. The molecule has 1 N–H and O–H groups in total. The molecule has 1 atom stereocenters. The molecule has 1 heterocycles. The van der Waals surface area contributed by atoms with E-state index >= 15 is 0 Å². The Kier molecular flexibility index (Phi) is 4.35. The maximum absolute atomic E-state index is 12.2. The van der Waals surface area contributed by atoms with Gasteiger partial charge in [-0.3, -0.25) is 4.79 Å². The van der Waals surface area contributed by atoms with Gasteiger partial charge in [0.05, 0.1) is 17.7 Å². The quantitative estimate of drug-likeness (QED) is 0.818. The van der Waals surface area contributed by atoms with Gasteiger partial charge in [-0.25, -0.2) is 0 Å². The van der Waals surface area contributed by atoms with Gasteiger partial charge in [0.1, 0.15) is 0 Å². The van der Waals surface area contributed by atoms with Crippen LogP contribution in [0.15, 0.2) is 27.6 Å². The first-order valence-electron chi connectivity index (χ1n) is 5.89. The number of benzene rings is 1. The molecule has 2 rings (SSSR count). The van der Waals surface area contributed by atoms with E-state index in [2.05, 4.69) is 33.9 Å². The molecule has 5 heteroatoms. The number of carbonyl (C=O) groups is 1. The van der Waals surface area contributed by atoms with Crippen LogP contribution in [0.2, 0.25) is 0 Å². The van der Waals surface area contributed by atoms with Crippen LogP contribution < -0.4 is 5.32 Å². The van der Waals surface area contributed by atoms with Crippen molar-refractivity contribution in [3.05, 3.63) is 28.2 Å². The Bertz CT molecular complexity index is 458. The van der Waals surface area contributed by atoms with Crippen molar-refractivity contribution in [3.63, 3.8) is 0 Å². The second-order valence-electron chi connectivity index (χ2n) is 4.83. The van der Waals surface area contributed by atoms with Crippen LogP contribution in [-0.4, -0.2) is 24.7 Å². The molecule has 1 unspecified atom stereocenters. The van der Waals surface area contributed by atoms with Crippen molar-refractivity contribution in [1.29, 1.82) is 0 Å². The molecule has 0 spiro atoms. The topological polar surface area (TPSA) is 38.3 Å². The van der Waals surface area contributed by atoms with Crippen molar-refractivity contribution in [1.82, 2.24) is 5.32 Å². The summed E-state index contributed by atoms with van der Waals surface area (Å²) in [5, 5.41) is 3.04. The summed E-state index contributed by atoms with van der Waals surface area (Å²) in [6.07, 6.45) is 1.92. The fourth-order valence-corrected chi connectivity index (χ4v) is 2.92. The Hall–Kier alpha value is -0.520. The van der Waals surface area contributed by atoms with E-state index in [1.54, 1.807) is 6.07 Å². The van der Waals surface area contributed by atoms with Crippen molar-refractivity contribution in [3.8, 4) is 0 Å². The first kappa shape index (κ1) is 13.9. The highest BCUT2D eigenvalue weighted by atomic mass is 79.9. The first-order chi connectivity index (χ1) is 8.50. The molecule has 18 heavy (non-hydrogen) atoms. The highest BCUT2D eigenvalue weighted by Gasteiger charge is 2.29. The fraction of sp³-hybridized carbons (Fsp3) is 0.462. The lowest BCUT2D eigenvalue weighted by atomic mass is 9.94. The van der Waals surface area contributed by atoms with Crippen LogP contribution in [0.3, 0.4) is 0 Å². The Morgan fingerprint density at radius 2 is 2.33 bits per heavy atom. The molecule has 1 aliphatic rings. The molecule has 1 aromatic carbocycles. The zero-order chi connectivity index (χ0) is 13.2. The van der Waals surface area contributed by atoms with Crippen LogP contribution in [0, 0.1) is 0 Å². The van der Waals surface area contributed by atoms with Crippen LogP contribution in [0.5, 0.6) is 0 Å². The van der Waals surface area contributed by atoms with Crippen molar-refractivity contribution in [2.75, 3.05) is 13.2 Å². The standard InChI is InChI=1S/C13H16BrNO2S/c1-13(5-2-6-17-8-13)15-12(16)10-4-3-9(14)7-11(10)18/h3-4,7,18H,2,5-6,8H2,1H3,(H,15,16). The van der Waals surface area contributed by atoms with E-state index < -0.39 is 0 Å². The first-order valence-corrected chi connectivity index (χ1v) is 7.13. The lowest BCUT2D eigenvalue weighted by Gasteiger charge is -2.34. The summed E-state index contributed by atoms with van der Waals surface area (Å²) in [5.74, 6) is -0.0968. The van der Waals surface area contributed by atoms with Crippen molar-refractivity contribution in [2.24, 2.45) is 0 Å². The maximum Gasteiger partial charge on any atom is 0.252 e. The summed E-state index contributed by atoms with van der Waals surface area (Å²) in [6.45, 7) is 3.36. The van der Waals surface area contributed by atoms with E-state index in [9.17, 15) is 4.79 Å². The zero-order valence-corrected chi connectivity index (χ0v) is 12.7.